The second-order valence-electron chi connectivity index (χ2n) is 6.72. The van der Waals surface area contributed by atoms with Gasteiger partial charge in [-0.1, -0.05) is 36.4 Å². The minimum atomic E-state index is -0.722. The Morgan fingerprint density at radius 1 is 1.21 bits per heavy atom. The molecule has 28 heavy (non-hydrogen) atoms. The smallest absolute Gasteiger partial charge is 0.276 e. The van der Waals surface area contributed by atoms with Crippen LogP contribution in [-0.2, 0) is 11.8 Å². The number of likely N-dealkylation sites (N-methyl/N-ethyl adjacent to an activating group) is 1. The molecule has 1 aliphatic rings. The van der Waals surface area contributed by atoms with Crippen molar-refractivity contribution >= 4 is 28.8 Å². The van der Waals surface area contributed by atoms with Gasteiger partial charge in [0.2, 0.25) is 5.96 Å². The van der Waals surface area contributed by atoms with Gasteiger partial charge in [0, 0.05) is 19.5 Å². The summed E-state index contributed by atoms with van der Waals surface area (Å²) >= 11 is 0. The summed E-state index contributed by atoms with van der Waals surface area (Å²) in [6, 6.07) is 15.2. The van der Waals surface area contributed by atoms with Gasteiger partial charge in [-0.15, -0.1) is 0 Å². The highest BCUT2D eigenvalue weighted by molar-refractivity contribution is 6.15. The van der Waals surface area contributed by atoms with E-state index in [1.807, 2.05) is 60.3 Å². The molecular weight excluding hydrogens is 354 g/mol. The van der Waals surface area contributed by atoms with Crippen LogP contribution in [0, 0.1) is 0 Å². The Bertz CT molecular complexity index is 1080. The lowest BCUT2D eigenvalue weighted by atomic mass is 10.1. The van der Waals surface area contributed by atoms with Gasteiger partial charge in [-0.3, -0.25) is 14.4 Å². The topological polar surface area (TPSA) is 82.8 Å². The van der Waals surface area contributed by atoms with E-state index in [9.17, 15) is 9.90 Å². The van der Waals surface area contributed by atoms with Crippen LogP contribution in [0.15, 0.2) is 65.4 Å². The van der Waals surface area contributed by atoms with E-state index in [0.29, 0.717) is 11.7 Å². The van der Waals surface area contributed by atoms with Gasteiger partial charge in [-0.25, -0.2) is 4.99 Å². The molecule has 3 aromatic rings. The highest BCUT2D eigenvalue weighted by Crippen LogP contribution is 2.19. The third-order valence-corrected chi connectivity index (χ3v) is 4.78. The highest BCUT2D eigenvalue weighted by atomic mass is 16.3. The highest BCUT2D eigenvalue weighted by Gasteiger charge is 2.28. The van der Waals surface area contributed by atoms with Crippen molar-refractivity contribution in [3.63, 3.8) is 0 Å². The summed E-state index contributed by atoms with van der Waals surface area (Å²) in [4.78, 5) is 18.4. The minimum Gasteiger partial charge on any atom is -0.386 e. The number of benzene rings is 2. The third-order valence-electron chi connectivity index (χ3n) is 4.78. The van der Waals surface area contributed by atoms with Gasteiger partial charge in [-0.2, -0.15) is 5.10 Å². The summed E-state index contributed by atoms with van der Waals surface area (Å²) in [5, 5.41) is 18.6. The molecule has 2 aromatic carbocycles. The monoisotopic (exact) mass is 375 g/mol. The number of nitrogens with zero attached hydrogens (tertiary/aromatic N) is 4. The minimum absolute atomic E-state index is 0.166. The normalized spacial score (nSPS) is 18.2. The summed E-state index contributed by atoms with van der Waals surface area (Å²) in [6.45, 7) is 0.166. The van der Waals surface area contributed by atoms with Crippen molar-refractivity contribution in [3.05, 3.63) is 71.6 Å². The number of hydrogen-bond acceptors (Lipinski definition) is 4. The van der Waals surface area contributed by atoms with Crippen molar-refractivity contribution in [2.24, 2.45) is 12.0 Å². The SMILES string of the molecule is CN1C(=O)/C(=C/c2ccc3c(cnn3C)c2)NC1=NC[C@H](O)c1ccccc1. The summed E-state index contributed by atoms with van der Waals surface area (Å²) in [7, 11) is 3.55. The molecule has 0 unspecified atom stereocenters. The fourth-order valence-corrected chi connectivity index (χ4v) is 3.17. The first kappa shape index (κ1) is 17.9. The first-order valence-corrected chi connectivity index (χ1v) is 8.99. The molecule has 142 valence electrons. The number of guanidine groups is 1. The maximum atomic E-state index is 12.5. The average molecular weight is 375 g/mol. The van der Waals surface area contributed by atoms with E-state index in [1.54, 1.807) is 19.3 Å². The number of aryl methyl sites for hydroxylation is 1. The molecule has 1 fully saturated rings. The van der Waals surface area contributed by atoms with Gasteiger partial charge in [0.1, 0.15) is 5.70 Å². The lowest BCUT2D eigenvalue weighted by Gasteiger charge is -2.11. The number of aliphatic imine (C=N–C) groups is 1. The molecule has 7 heteroatoms. The Labute approximate surface area is 162 Å². The third kappa shape index (κ3) is 3.39. The molecule has 2 N–H and O–H groups in total. The van der Waals surface area contributed by atoms with Gasteiger partial charge >= 0.3 is 0 Å². The fourth-order valence-electron chi connectivity index (χ4n) is 3.17. The van der Waals surface area contributed by atoms with Crippen LogP contribution in [0.3, 0.4) is 0 Å². The Morgan fingerprint density at radius 2 is 2.00 bits per heavy atom. The summed E-state index contributed by atoms with van der Waals surface area (Å²) < 4.78 is 1.81. The van der Waals surface area contributed by atoms with Gasteiger partial charge in [0.15, 0.2) is 0 Å². The molecule has 2 heterocycles. The number of hydrogen-bond donors (Lipinski definition) is 2. The number of aromatic nitrogens is 2. The van der Waals surface area contributed by atoms with Crippen LogP contribution in [0.1, 0.15) is 17.2 Å². The van der Waals surface area contributed by atoms with Crippen LogP contribution in [0.5, 0.6) is 0 Å². The molecule has 0 spiro atoms. The van der Waals surface area contributed by atoms with Gasteiger partial charge in [0.25, 0.3) is 5.91 Å². The van der Waals surface area contributed by atoms with Crippen LogP contribution < -0.4 is 5.32 Å². The number of amides is 1. The molecule has 0 bridgehead atoms. The number of aliphatic hydroxyl groups is 1. The zero-order valence-electron chi connectivity index (χ0n) is 15.7. The lowest BCUT2D eigenvalue weighted by molar-refractivity contribution is -0.121. The molecule has 4 rings (SSSR count). The molecule has 1 atom stereocenters. The predicted molar refractivity (Wildman–Crippen MR) is 108 cm³/mol. The molecule has 0 radical (unpaired) electrons. The molecule has 1 aromatic heterocycles. The van der Waals surface area contributed by atoms with Gasteiger partial charge in [0.05, 0.1) is 24.4 Å². The first-order valence-electron chi connectivity index (χ1n) is 8.99. The van der Waals surface area contributed by atoms with Gasteiger partial charge in [-0.05, 0) is 29.3 Å². The van der Waals surface area contributed by atoms with Gasteiger partial charge < -0.3 is 10.4 Å². The standard InChI is InChI=1S/C21H21N5O2/c1-25-20(28)17(11-14-8-9-18-16(10-14)12-23-26(18)2)24-21(25)22-13-19(27)15-6-4-3-5-7-15/h3-12,19,27H,13H2,1-2H3,(H,22,24)/b17-11-/t19-/m0/s1. The second kappa shape index (κ2) is 7.28. The molecule has 1 saturated heterocycles. The Kier molecular flexibility index (Phi) is 4.67. The van der Waals surface area contributed by atoms with E-state index in [-0.39, 0.29) is 12.5 Å². The lowest BCUT2D eigenvalue weighted by Crippen LogP contribution is -2.29. The zero-order chi connectivity index (χ0) is 19.7. The number of carbonyl (C=O) groups is 1. The summed E-state index contributed by atoms with van der Waals surface area (Å²) in [5.74, 6) is 0.257. The Hall–Kier alpha value is -3.45. The van der Waals surface area contributed by atoms with Crippen LogP contribution >= 0.6 is 0 Å². The van der Waals surface area contributed by atoms with Crippen molar-refractivity contribution < 1.29 is 9.90 Å². The molecule has 7 nitrogen and oxygen atoms in total. The van der Waals surface area contributed by atoms with Crippen LogP contribution in [0.4, 0.5) is 0 Å². The van der Waals surface area contributed by atoms with E-state index in [2.05, 4.69) is 15.4 Å². The Morgan fingerprint density at radius 3 is 2.79 bits per heavy atom. The Balaban J connectivity index is 1.53. The second-order valence-corrected chi connectivity index (χ2v) is 6.72. The van der Waals surface area contributed by atoms with E-state index in [4.69, 9.17) is 0 Å². The fraction of sp³-hybridized carbons (Fsp3) is 0.190. The number of rotatable bonds is 4. The van der Waals surface area contributed by atoms with Crippen molar-refractivity contribution in [1.82, 2.24) is 20.0 Å². The molecular formula is C21H21N5O2. The van der Waals surface area contributed by atoms with E-state index < -0.39 is 6.10 Å². The zero-order valence-corrected chi connectivity index (χ0v) is 15.7. The number of carbonyl (C=O) groups excluding carboxylic acids is 1. The van der Waals surface area contributed by atoms with Crippen LogP contribution in [0.25, 0.3) is 17.0 Å². The summed E-state index contributed by atoms with van der Waals surface area (Å²) in [6.07, 6.45) is 2.87. The maximum absolute atomic E-state index is 12.5. The van der Waals surface area contributed by atoms with Crippen LogP contribution in [-0.4, -0.2) is 45.2 Å². The molecule has 0 saturated carbocycles. The maximum Gasteiger partial charge on any atom is 0.276 e. The molecule has 1 aliphatic heterocycles. The van der Waals surface area contributed by atoms with Crippen molar-refractivity contribution in [1.29, 1.82) is 0 Å². The molecule has 1 amide bonds. The van der Waals surface area contributed by atoms with Crippen molar-refractivity contribution in [2.45, 2.75) is 6.10 Å². The average Bonchev–Trinajstić information content (AvgIpc) is 3.21. The van der Waals surface area contributed by atoms with E-state index >= 15 is 0 Å². The van der Waals surface area contributed by atoms with Crippen LogP contribution in [0.2, 0.25) is 0 Å². The number of fused-ring (bicyclic) bond motifs is 1. The van der Waals surface area contributed by atoms with E-state index in [1.165, 1.54) is 4.90 Å². The van der Waals surface area contributed by atoms with E-state index in [0.717, 1.165) is 22.0 Å². The summed E-state index contributed by atoms with van der Waals surface area (Å²) in [5.41, 5.74) is 3.16. The molecule has 0 aliphatic carbocycles. The predicted octanol–water partition coefficient (Wildman–Crippen LogP) is 2.07. The van der Waals surface area contributed by atoms with Crippen molar-refractivity contribution in [3.8, 4) is 0 Å². The number of nitrogens with one attached hydrogen (secondary N) is 1. The quantitative estimate of drug-likeness (QED) is 0.684. The van der Waals surface area contributed by atoms with Crippen molar-refractivity contribution in [2.75, 3.05) is 13.6 Å². The first-order chi connectivity index (χ1) is 13.5. The largest absolute Gasteiger partial charge is 0.386 e. The number of aliphatic hydroxyl groups excluding tert-OH is 1.